The number of hydrogen-bond donors (Lipinski definition) is 1. The molecule has 1 fully saturated rings. The first-order valence-electron chi connectivity index (χ1n) is 5.99. The number of aryl methyl sites for hydroxylation is 1. The summed E-state index contributed by atoms with van der Waals surface area (Å²) < 4.78 is 2.16. The summed E-state index contributed by atoms with van der Waals surface area (Å²) in [5.41, 5.74) is 3.71. The number of nitrogens with one attached hydrogen (secondary N) is 1. The van der Waals surface area contributed by atoms with Gasteiger partial charge >= 0.3 is 0 Å². The summed E-state index contributed by atoms with van der Waals surface area (Å²) in [6, 6.07) is 2.15. The number of hydrogen-bond acceptors (Lipinski definition) is 1. The average molecular weight is 220 g/mol. The van der Waals surface area contributed by atoms with Crippen LogP contribution in [0.2, 0.25) is 0 Å². The molecule has 0 aromatic carbocycles. The highest BCUT2D eigenvalue weighted by Crippen LogP contribution is 2.26. The van der Waals surface area contributed by atoms with E-state index < -0.39 is 0 Å². The summed E-state index contributed by atoms with van der Waals surface area (Å²) in [7, 11) is 2.06. The highest BCUT2D eigenvalue weighted by atomic mass is 16.1. The second-order valence-corrected chi connectivity index (χ2v) is 4.80. The molecule has 0 spiro atoms. The molecule has 1 amide bonds. The van der Waals surface area contributed by atoms with Crippen molar-refractivity contribution in [1.29, 1.82) is 0 Å². The minimum atomic E-state index is 0.229. The summed E-state index contributed by atoms with van der Waals surface area (Å²) in [5, 5.41) is 3.03. The first-order valence-corrected chi connectivity index (χ1v) is 5.99. The second kappa shape index (κ2) is 4.32. The van der Waals surface area contributed by atoms with Gasteiger partial charge in [-0.05, 0) is 38.3 Å². The predicted molar refractivity (Wildman–Crippen MR) is 64.1 cm³/mol. The fraction of sp³-hybridized carbons (Fsp3) is 0.615. The van der Waals surface area contributed by atoms with Crippen LogP contribution in [0.4, 0.5) is 0 Å². The highest BCUT2D eigenvalue weighted by molar-refractivity contribution is 5.79. The molecule has 0 atom stereocenters. The summed E-state index contributed by atoms with van der Waals surface area (Å²) in [5.74, 6) is 0.511. The van der Waals surface area contributed by atoms with E-state index >= 15 is 0 Å². The first-order chi connectivity index (χ1) is 7.59. The lowest BCUT2D eigenvalue weighted by atomic mass is 9.85. The maximum atomic E-state index is 11.7. The standard InChI is InChI=1S/C13H20N2O/c1-9-7-12(10(2)15(9)3)8-14-13(16)11-5-4-6-11/h7,11H,4-6,8H2,1-3H3,(H,14,16). The molecule has 1 heterocycles. The Morgan fingerprint density at radius 1 is 1.50 bits per heavy atom. The maximum Gasteiger partial charge on any atom is 0.223 e. The van der Waals surface area contributed by atoms with Crippen molar-refractivity contribution >= 4 is 5.91 Å². The Bertz CT molecular complexity index is 402. The summed E-state index contributed by atoms with van der Waals surface area (Å²) >= 11 is 0. The maximum absolute atomic E-state index is 11.7. The van der Waals surface area contributed by atoms with Crippen molar-refractivity contribution in [3.63, 3.8) is 0 Å². The van der Waals surface area contributed by atoms with Crippen LogP contribution in [0.1, 0.15) is 36.2 Å². The molecule has 0 aliphatic heterocycles. The Kier molecular flexibility index (Phi) is 3.03. The minimum Gasteiger partial charge on any atom is -0.352 e. The van der Waals surface area contributed by atoms with Crippen molar-refractivity contribution in [2.45, 2.75) is 39.7 Å². The molecule has 1 aliphatic rings. The van der Waals surface area contributed by atoms with Gasteiger partial charge in [-0.2, -0.15) is 0 Å². The van der Waals surface area contributed by atoms with Crippen molar-refractivity contribution in [2.75, 3.05) is 0 Å². The van der Waals surface area contributed by atoms with Gasteiger partial charge in [-0.15, -0.1) is 0 Å². The van der Waals surface area contributed by atoms with Crippen molar-refractivity contribution in [1.82, 2.24) is 9.88 Å². The third-order valence-corrected chi connectivity index (χ3v) is 3.81. The van der Waals surface area contributed by atoms with Gasteiger partial charge in [0.15, 0.2) is 0 Å². The number of nitrogens with zero attached hydrogens (tertiary/aromatic N) is 1. The third kappa shape index (κ3) is 1.99. The highest BCUT2D eigenvalue weighted by Gasteiger charge is 2.24. The predicted octanol–water partition coefficient (Wildman–Crippen LogP) is 2.06. The van der Waals surface area contributed by atoms with E-state index in [-0.39, 0.29) is 11.8 Å². The van der Waals surface area contributed by atoms with E-state index in [1.165, 1.54) is 23.4 Å². The van der Waals surface area contributed by atoms with Gasteiger partial charge in [0, 0.05) is 30.9 Å². The van der Waals surface area contributed by atoms with Crippen molar-refractivity contribution < 1.29 is 4.79 Å². The number of amides is 1. The van der Waals surface area contributed by atoms with Crippen LogP contribution >= 0.6 is 0 Å². The van der Waals surface area contributed by atoms with E-state index in [1.54, 1.807) is 0 Å². The van der Waals surface area contributed by atoms with Crippen molar-refractivity contribution in [2.24, 2.45) is 13.0 Å². The van der Waals surface area contributed by atoms with Gasteiger partial charge in [0.1, 0.15) is 0 Å². The van der Waals surface area contributed by atoms with Crippen LogP contribution in [-0.4, -0.2) is 10.5 Å². The lowest BCUT2D eigenvalue weighted by Gasteiger charge is -2.24. The van der Waals surface area contributed by atoms with Gasteiger partial charge < -0.3 is 9.88 Å². The fourth-order valence-electron chi connectivity index (χ4n) is 2.11. The summed E-state index contributed by atoms with van der Waals surface area (Å²) in [6.07, 6.45) is 3.35. The van der Waals surface area contributed by atoms with Gasteiger partial charge in [-0.3, -0.25) is 4.79 Å². The quantitative estimate of drug-likeness (QED) is 0.831. The molecule has 16 heavy (non-hydrogen) atoms. The molecule has 1 aromatic heterocycles. The zero-order chi connectivity index (χ0) is 11.7. The van der Waals surface area contributed by atoms with Gasteiger partial charge in [0.2, 0.25) is 5.91 Å². The Labute approximate surface area is 96.8 Å². The smallest absolute Gasteiger partial charge is 0.223 e. The van der Waals surface area contributed by atoms with Crippen LogP contribution in [0.5, 0.6) is 0 Å². The van der Waals surface area contributed by atoms with Gasteiger partial charge in [0.25, 0.3) is 0 Å². The van der Waals surface area contributed by atoms with Crippen LogP contribution in [0.25, 0.3) is 0 Å². The number of aromatic nitrogens is 1. The van der Waals surface area contributed by atoms with E-state index in [4.69, 9.17) is 0 Å². The fourth-order valence-corrected chi connectivity index (χ4v) is 2.11. The Hall–Kier alpha value is -1.25. The van der Waals surface area contributed by atoms with E-state index in [9.17, 15) is 4.79 Å². The zero-order valence-electron chi connectivity index (χ0n) is 10.3. The Morgan fingerprint density at radius 2 is 2.19 bits per heavy atom. The molecule has 2 rings (SSSR count). The van der Waals surface area contributed by atoms with E-state index in [0.29, 0.717) is 6.54 Å². The molecule has 0 bridgehead atoms. The normalized spacial score (nSPS) is 15.9. The van der Waals surface area contributed by atoms with Crippen LogP contribution in [0.15, 0.2) is 6.07 Å². The third-order valence-electron chi connectivity index (χ3n) is 3.81. The number of rotatable bonds is 3. The molecule has 0 unspecified atom stereocenters. The van der Waals surface area contributed by atoms with E-state index in [2.05, 4.69) is 36.8 Å². The first kappa shape index (κ1) is 11.2. The summed E-state index contributed by atoms with van der Waals surface area (Å²) in [4.78, 5) is 11.7. The second-order valence-electron chi connectivity index (χ2n) is 4.80. The molecule has 1 aliphatic carbocycles. The molecule has 1 N–H and O–H groups in total. The molecule has 1 saturated carbocycles. The van der Waals surface area contributed by atoms with Gasteiger partial charge in [0.05, 0.1) is 0 Å². The van der Waals surface area contributed by atoms with E-state index in [0.717, 1.165) is 12.8 Å². The number of carbonyl (C=O) groups excluding carboxylic acids is 1. The molecule has 0 radical (unpaired) electrons. The monoisotopic (exact) mass is 220 g/mol. The van der Waals surface area contributed by atoms with E-state index in [1.807, 2.05) is 0 Å². The molecule has 3 nitrogen and oxygen atoms in total. The van der Waals surface area contributed by atoms with Crippen LogP contribution < -0.4 is 5.32 Å². The Balaban J connectivity index is 1.93. The molecule has 3 heteroatoms. The van der Waals surface area contributed by atoms with Gasteiger partial charge in [-0.1, -0.05) is 6.42 Å². The summed E-state index contributed by atoms with van der Waals surface area (Å²) in [6.45, 7) is 4.85. The van der Waals surface area contributed by atoms with Crippen molar-refractivity contribution in [3.8, 4) is 0 Å². The lowest BCUT2D eigenvalue weighted by Crippen LogP contribution is -2.34. The van der Waals surface area contributed by atoms with Crippen LogP contribution in [-0.2, 0) is 18.4 Å². The molecular formula is C13H20N2O. The molecule has 88 valence electrons. The SMILES string of the molecule is Cc1cc(CNC(=O)C2CCC2)c(C)n1C. The zero-order valence-corrected chi connectivity index (χ0v) is 10.3. The van der Waals surface area contributed by atoms with Crippen molar-refractivity contribution in [3.05, 3.63) is 23.0 Å². The topological polar surface area (TPSA) is 34.0 Å². The number of carbonyl (C=O) groups is 1. The largest absolute Gasteiger partial charge is 0.352 e. The lowest BCUT2D eigenvalue weighted by molar-refractivity contribution is -0.127. The molecule has 1 aromatic rings. The van der Waals surface area contributed by atoms with Crippen LogP contribution in [0.3, 0.4) is 0 Å². The van der Waals surface area contributed by atoms with Crippen LogP contribution in [0, 0.1) is 19.8 Å². The van der Waals surface area contributed by atoms with Gasteiger partial charge in [-0.25, -0.2) is 0 Å². The Morgan fingerprint density at radius 3 is 2.62 bits per heavy atom. The molecule has 0 saturated heterocycles. The average Bonchev–Trinajstić information content (AvgIpc) is 2.40. The minimum absolute atomic E-state index is 0.229. The molecular weight excluding hydrogens is 200 g/mol.